The molecule has 0 spiro atoms. The zero-order valence-corrected chi connectivity index (χ0v) is 11.9. The summed E-state index contributed by atoms with van der Waals surface area (Å²) >= 11 is 1.21. The molecule has 1 atom stereocenters. The normalized spacial score (nSPS) is 14.2. The molecule has 0 aliphatic rings. The fourth-order valence-electron chi connectivity index (χ4n) is 1.10. The maximum Gasteiger partial charge on any atom is 0.250 e. The van der Waals surface area contributed by atoms with Crippen molar-refractivity contribution in [2.24, 2.45) is 5.73 Å². The first-order chi connectivity index (χ1) is 7.86. The van der Waals surface area contributed by atoms with Crippen molar-refractivity contribution in [2.45, 2.75) is 23.7 Å². The predicted molar refractivity (Wildman–Crippen MR) is 70.5 cm³/mol. The molecule has 3 N–H and O–H groups in total. The summed E-state index contributed by atoms with van der Waals surface area (Å²) in [5.41, 5.74) is 5.46. The number of sulfonamides is 1. The number of rotatable bonds is 6. The van der Waals surface area contributed by atoms with Gasteiger partial charge in [0.2, 0.25) is 10.0 Å². The van der Waals surface area contributed by atoms with Crippen LogP contribution in [0, 0.1) is 0 Å². The van der Waals surface area contributed by atoms with Crippen LogP contribution in [0.1, 0.15) is 11.8 Å². The van der Waals surface area contributed by atoms with Crippen LogP contribution in [0.5, 0.6) is 0 Å². The minimum Gasteiger partial charge on any atom is -0.326 e. The molecule has 0 saturated heterocycles. The van der Waals surface area contributed by atoms with Crippen LogP contribution in [0.15, 0.2) is 16.3 Å². The first-order valence-electron chi connectivity index (χ1n) is 5.31. The van der Waals surface area contributed by atoms with Gasteiger partial charge in [-0.15, -0.1) is 11.3 Å². The highest BCUT2D eigenvalue weighted by Gasteiger charge is 2.17. The second-order valence-corrected chi connectivity index (χ2v) is 7.25. The van der Waals surface area contributed by atoms with Gasteiger partial charge in [-0.1, -0.05) is 0 Å². The summed E-state index contributed by atoms with van der Waals surface area (Å²) in [7, 11) is 0.435. The SMILES string of the molecule is CC(CNS(=O)(=O)c1ccc(CN)s1)N(C)C. The lowest BCUT2D eigenvalue weighted by atomic mass is 10.3. The maximum atomic E-state index is 11.9. The first-order valence-corrected chi connectivity index (χ1v) is 7.61. The Morgan fingerprint density at radius 2 is 2.12 bits per heavy atom. The number of thiophene rings is 1. The van der Waals surface area contributed by atoms with Crippen LogP contribution in [0.25, 0.3) is 0 Å². The Hall–Kier alpha value is -0.470. The third kappa shape index (κ3) is 4.04. The molecule has 17 heavy (non-hydrogen) atoms. The fraction of sp³-hybridized carbons (Fsp3) is 0.600. The smallest absolute Gasteiger partial charge is 0.250 e. The van der Waals surface area contributed by atoms with Gasteiger partial charge in [0.1, 0.15) is 4.21 Å². The van der Waals surface area contributed by atoms with Gasteiger partial charge in [-0.2, -0.15) is 0 Å². The van der Waals surface area contributed by atoms with E-state index in [1.807, 2.05) is 25.9 Å². The Morgan fingerprint density at radius 1 is 1.47 bits per heavy atom. The molecule has 0 aliphatic heterocycles. The van der Waals surface area contributed by atoms with Crippen molar-refractivity contribution in [3.05, 3.63) is 17.0 Å². The molecular formula is C10H19N3O2S2. The maximum absolute atomic E-state index is 11.9. The van der Waals surface area contributed by atoms with E-state index in [2.05, 4.69) is 4.72 Å². The zero-order chi connectivity index (χ0) is 13.1. The Labute approximate surface area is 107 Å². The Morgan fingerprint density at radius 3 is 2.59 bits per heavy atom. The van der Waals surface area contributed by atoms with Crippen molar-refractivity contribution < 1.29 is 8.42 Å². The second kappa shape index (κ2) is 5.92. The summed E-state index contributed by atoms with van der Waals surface area (Å²) in [4.78, 5) is 2.83. The summed E-state index contributed by atoms with van der Waals surface area (Å²) < 4.78 is 26.8. The average molecular weight is 277 g/mol. The summed E-state index contributed by atoms with van der Waals surface area (Å²) in [6.45, 7) is 2.72. The van der Waals surface area contributed by atoms with Crippen LogP contribution in [0.3, 0.4) is 0 Å². The molecule has 0 fully saturated rings. The molecule has 1 heterocycles. The van der Waals surface area contributed by atoms with E-state index in [-0.39, 0.29) is 6.04 Å². The van der Waals surface area contributed by atoms with Crippen LogP contribution in [0.4, 0.5) is 0 Å². The quantitative estimate of drug-likeness (QED) is 0.791. The Bertz CT molecular complexity index is 454. The molecule has 1 unspecified atom stereocenters. The molecule has 0 amide bonds. The van der Waals surface area contributed by atoms with Gasteiger partial charge in [-0.25, -0.2) is 13.1 Å². The summed E-state index contributed by atoms with van der Waals surface area (Å²) in [6, 6.07) is 3.49. The summed E-state index contributed by atoms with van der Waals surface area (Å²) in [6.07, 6.45) is 0. The molecule has 1 aromatic heterocycles. The highest BCUT2D eigenvalue weighted by atomic mass is 32.2. The van der Waals surface area contributed by atoms with E-state index >= 15 is 0 Å². The van der Waals surface area contributed by atoms with Crippen molar-refractivity contribution in [1.82, 2.24) is 9.62 Å². The van der Waals surface area contributed by atoms with Crippen molar-refractivity contribution >= 4 is 21.4 Å². The van der Waals surface area contributed by atoms with Crippen LogP contribution in [0.2, 0.25) is 0 Å². The monoisotopic (exact) mass is 277 g/mol. The molecule has 0 saturated carbocycles. The van der Waals surface area contributed by atoms with Gasteiger partial charge in [-0.05, 0) is 33.2 Å². The minimum atomic E-state index is -3.39. The Kier molecular flexibility index (Phi) is 5.08. The highest BCUT2D eigenvalue weighted by Crippen LogP contribution is 2.20. The van der Waals surface area contributed by atoms with Gasteiger partial charge in [0.05, 0.1) is 0 Å². The lowest BCUT2D eigenvalue weighted by molar-refractivity contribution is 0.314. The van der Waals surface area contributed by atoms with Crippen molar-refractivity contribution in [3.8, 4) is 0 Å². The number of nitrogens with two attached hydrogens (primary N) is 1. The van der Waals surface area contributed by atoms with Gasteiger partial charge in [-0.3, -0.25) is 0 Å². The van der Waals surface area contributed by atoms with Crippen LogP contribution < -0.4 is 10.5 Å². The van der Waals surface area contributed by atoms with Gasteiger partial charge in [0.15, 0.2) is 0 Å². The zero-order valence-electron chi connectivity index (χ0n) is 10.3. The van der Waals surface area contributed by atoms with E-state index < -0.39 is 10.0 Å². The number of nitrogens with one attached hydrogen (secondary N) is 1. The molecule has 0 aromatic carbocycles. The van der Waals surface area contributed by atoms with Crippen LogP contribution >= 0.6 is 11.3 Å². The summed E-state index contributed by atoms with van der Waals surface area (Å²) in [5.74, 6) is 0. The molecule has 0 bridgehead atoms. The third-order valence-corrected chi connectivity index (χ3v) is 5.58. The number of hydrogen-bond donors (Lipinski definition) is 2. The van der Waals surface area contributed by atoms with Crippen molar-refractivity contribution in [2.75, 3.05) is 20.6 Å². The number of likely N-dealkylation sites (N-methyl/N-ethyl adjacent to an activating group) is 1. The van der Waals surface area contributed by atoms with E-state index in [0.717, 1.165) is 4.88 Å². The molecule has 1 rings (SSSR count). The van der Waals surface area contributed by atoms with Gasteiger partial charge >= 0.3 is 0 Å². The van der Waals surface area contributed by atoms with Crippen molar-refractivity contribution in [1.29, 1.82) is 0 Å². The lowest BCUT2D eigenvalue weighted by Crippen LogP contribution is -2.37. The van der Waals surface area contributed by atoms with Gasteiger partial charge in [0.25, 0.3) is 0 Å². The second-order valence-electron chi connectivity index (χ2n) is 4.09. The molecule has 0 aliphatic carbocycles. The Balaban J connectivity index is 2.69. The number of nitrogens with zero attached hydrogens (tertiary/aromatic N) is 1. The largest absolute Gasteiger partial charge is 0.326 e. The number of hydrogen-bond acceptors (Lipinski definition) is 5. The lowest BCUT2D eigenvalue weighted by Gasteiger charge is -2.19. The van der Waals surface area contributed by atoms with E-state index in [9.17, 15) is 8.42 Å². The minimum absolute atomic E-state index is 0.152. The third-order valence-electron chi connectivity index (χ3n) is 2.55. The van der Waals surface area contributed by atoms with E-state index in [1.54, 1.807) is 12.1 Å². The highest BCUT2D eigenvalue weighted by molar-refractivity contribution is 7.91. The predicted octanol–water partition coefficient (Wildman–Crippen LogP) is 0.435. The molecular weight excluding hydrogens is 258 g/mol. The van der Waals surface area contributed by atoms with Crippen molar-refractivity contribution in [3.63, 3.8) is 0 Å². The van der Waals surface area contributed by atoms with Gasteiger partial charge < -0.3 is 10.6 Å². The van der Waals surface area contributed by atoms with Gasteiger partial charge in [0, 0.05) is 24.0 Å². The van der Waals surface area contributed by atoms with Crippen LogP contribution in [-0.2, 0) is 16.6 Å². The molecule has 7 heteroatoms. The average Bonchev–Trinajstić information content (AvgIpc) is 2.75. The molecule has 98 valence electrons. The molecule has 5 nitrogen and oxygen atoms in total. The molecule has 1 aromatic rings. The first kappa shape index (κ1) is 14.6. The van der Waals surface area contributed by atoms with Crippen LogP contribution in [-0.4, -0.2) is 40.0 Å². The molecule has 0 radical (unpaired) electrons. The van der Waals surface area contributed by atoms with E-state index in [4.69, 9.17) is 5.73 Å². The fourth-order valence-corrected chi connectivity index (χ4v) is 3.50. The topological polar surface area (TPSA) is 75.4 Å². The van der Waals surface area contributed by atoms with E-state index in [0.29, 0.717) is 17.3 Å². The van der Waals surface area contributed by atoms with E-state index in [1.165, 1.54) is 11.3 Å². The summed E-state index contributed by atoms with van der Waals surface area (Å²) in [5, 5.41) is 0. The standard InChI is InChI=1S/C10H19N3O2S2/c1-8(13(2)3)7-12-17(14,15)10-5-4-9(6-11)16-10/h4-5,8,12H,6-7,11H2,1-3H3.